The van der Waals surface area contributed by atoms with Crippen LogP contribution in [0.2, 0.25) is 0 Å². The highest BCUT2D eigenvalue weighted by atomic mass is 32.2. The molecule has 0 radical (unpaired) electrons. The molecule has 1 rings (SSSR count). The van der Waals surface area contributed by atoms with Gasteiger partial charge in [-0.1, -0.05) is 24.3 Å². The van der Waals surface area contributed by atoms with E-state index in [0.717, 1.165) is 17.4 Å². The molecule has 0 aliphatic carbocycles. The van der Waals surface area contributed by atoms with Gasteiger partial charge in [0.1, 0.15) is 0 Å². The lowest BCUT2D eigenvalue weighted by atomic mass is 10.0. The fourth-order valence-corrected chi connectivity index (χ4v) is 2.27. The van der Waals surface area contributed by atoms with E-state index >= 15 is 0 Å². The van der Waals surface area contributed by atoms with Gasteiger partial charge in [0.05, 0.1) is 12.7 Å². The molecular weight excluding hydrogens is 280 g/mol. The molecule has 0 amide bonds. The molecule has 6 nitrogen and oxygen atoms in total. The average Bonchev–Trinajstić information content (AvgIpc) is 2.33. The number of carboxylic acid groups (broad SMARTS) is 1. The third-order valence-corrected chi connectivity index (χ3v) is 3.40. The van der Waals surface area contributed by atoms with Crippen molar-refractivity contribution in [2.24, 2.45) is 0 Å². The van der Waals surface area contributed by atoms with E-state index in [1.54, 1.807) is 6.07 Å². The number of hydrogen-bond acceptors (Lipinski definition) is 4. The first kappa shape index (κ1) is 16.6. The van der Waals surface area contributed by atoms with E-state index in [2.05, 4.69) is 10.0 Å². The molecule has 3 N–H and O–H groups in total. The highest BCUT2D eigenvalue weighted by Gasteiger charge is 2.05. The summed E-state index contributed by atoms with van der Waals surface area (Å²) in [6.45, 7) is 1.62. The second-order valence-corrected chi connectivity index (χ2v) is 6.37. The maximum atomic E-state index is 10.8. The molecule has 0 heterocycles. The fourth-order valence-electron chi connectivity index (χ4n) is 1.76. The highest BCUT2D eigenvalue weighted by Crippen LogP contribution is 2.09. The number of benzene rings is 1. The van der Waals surface area contributed by atoms with E-state index in [4.69, 9.17) is 5.11 Å². The minimum absolute atomic E-state index is 0.00743. The Kier molecular flexibility index (Phi) is 6.63. The molecule has 1 aromatic carbocycles. The van der Waals surface area contributed by atoms with Gasteiger partial charge in [-0.3, -0.25) is 4.79 Å². The van der Waals surface area contributed by atoms with Crippen LogP contribution in [0.5, 0.6) is 0 Å². The van der Waals surface area contributed by atoms with Crippen LogP contribution in [0.3, 0.4) is 0 Å². The van der Waals surface area contributed by atoms with Gasteiger partial charge in [-0.15, -0.1) is 0 Å². The monoisotopic (exact) mass is 300 g/mol. The van der Waals surface area contributed by atoms with Gasteiger partial charge in [0, 0.05) is 13.1 Å². The number of carbonyl (C=O) groups is 1. The van der Waals surface area contributed by atoms with Crippen LogP contribution in [0.15, 0.2) is 24.3 Å². The maximum Gasteiger partial charge on any atom is 0.307 e. The zero-order valence-electron chi connectivity index (χ0n) is 11.4. The molecular formula is C13H20N2O4S. The minimum Gasteiger partial charge on any atom is -0.481 e. The van der Waals surface area contributed by atoms with Crippen molar-refractivity contribution < 1.29 is 18.3 Å². The third-order valence-electron chi connectivity index (χ3n) is 2.67. The second-order valence-electron chi connectivity index (χ2n) is 4.54. The Balaban J connectivity index is 2.33. The Morgan fingerprint density at radius 2 is 1.85 bits per heavy atom. The average molecular weight is 300 g/mol. The molecule has 0 unspecified atom stereocenters. The molecule has 0 bridgehead atoms. The number of hydrogen-bond donors (Lipinski definition) is 3. The number of sulfonamides is 1. The Morgan fingerprint density at radius 3 is 2.45 bits per heavy atom. The normalized spacial score (nSPS) is 11.4. The number of carboxylic acids is 1. The van der Waals surface area contributed by atoms with Crippen molar-refractivity contribution in [1.82, 2.24) is 10.0 Å². The SMILES string of the molecule is CS(=O)(=O)NCCCNCc1ccccc1CC(=O)O. The van der Waals surface area contributed by atoms with E-state index in [0.29, 0.717) is 26.1 Å². The molecule has 0 spiro atoms. The molecule has 112 valence electrons. The third kappa shape index (κ3) is 7.22. The minimum atomic E-state index is -3.13. The first-order valence-electron chi connectivity index (χ1n) is 6.32. The molecule has 1 aromatic rings. The topological polar surface area (TPSA) is 95.5 Å². The predicted octanol–water partition coefficient (Wildman–Crippen LogP) is 0.343. The smallest absolute Gasteiger partial charge is 0.307 e. The van der Waals surface area contributed by atoms with Crippen LogP contribution < -0.4 is 10.0 Å². The van der Waals surface area contributed by atoms with E-state index in [-0.39, 0.29) is 6.42 Å². The van der Waals surface area contributed by atoms with E-state index < -0.39 is 16.0 Å². The van der Waals surface area contributed by atoms with Crippen molar-refractivity contribution in [2.75, 3.05) is 19.3 Å². The van der Waals surface area contributed by atoms with Crippen molar-refractivity contribution in [2.45, 2.75) is 19.4 Å². The molecule has 0 atom stereocenters. The van der Waals surface area contributed by atoms with Gasteiger partial charge in [-0.25, -0.2) is 13.1 Å². The summed E-state index contributed by atoms with van der Waals surface area (Å²) in [5.74, 6) is -0.852. The molecule has 0 aromatic heterocycles. The largest absolute Gasteiger partial charge is 0.481 e. The Hall–Kier alpha value is -1.44. The van der Waals surface area contributed by atoms with E-state index in [1.165, 1.54) is 0 Å². The standard InChI is InChI=1S/C13H20N2O4S/c1-20(18,19)15-8-4-7-14-10-12-6-3-2-5-11(12)9-13(16)17/h2-3,5-6,14-15H,4,7-10H2,1H3,(H,16,17). The Labute approximate surface area is 119 Å². The van der Waals surface area contributed by atoms with Crippen molar-refractivity contribution >= 4 is 16.0 Å². The van der Waals surface area contributed by atoms with E-state index in [1.807, 2.05) is 18.2 Å². The fraction of sp³-hybridized carbons (Fsp3) is 0.462. The lowest BCUT2D eigenvalue weighted by Crippen LogP contribution is -2.26. The molecule has 0 fully saturated rings. The summed E-state index contributed by atoms with van der Waals surface area (Å²) in [4.78, 5) is 10.7. The second kappa shape index (κ2) is 7.98. The maximum absolute atomic E-state index is 10.8. The summed E-state index contributed by atoms with van der Waals surface area (Å²) >= 11 is 0. The highest BCUT2D eigenvalue weighted by molar-refractivity contribution is 7.88. The van der Waals surface area contributed by atoms with Crippen molar-refractivity contribution in [3.8, 4) is 0 Å². The van der Waals surface area contributed by atoms with E-state index in [9.17, 15) is 13.2 Å². The van der Waals surface area contributed by atoms with Gasteiger partial charge >= 0.3 is 5.97 Å². The van der Waals surface area contributed by atoms with Gasteiger partial charge in [-0.2, -0.15) is 0 Å². The zero-order valence-corrected chi connectivity index (χ0v) is 12.2. The predicted molar refractivity (Wildman–Crippen MR) is 77.0 cm³/mol. The summed E-state index contributed by atoms with van der Waals surface area (Å²) in [5.41, 5.74) is 1.74. The van der Waals surface area contributed by atoms with Crippen LogP contribution in [0.25, 0.3) is 0 Å². The van der Waals surface area contributed by atoms with Crippen LogP contribution >= 0.6 is 0 Å². The summed E-state index contributed by atoms with van der Waals surface area (Å²) in [5, 5.41) is 12.0. The summed E-state index contributed by atoms with van der Waals surface area (Å²) < 4.78 is 24.1. The molecule has 0 saturated carbocycles. The first-order chi connectivity index (χ1) is 9.38. The van der Waals surface area contributed by atoms with Crippen LogP contribution in [0.4, 0.5) is 0 Å². The molecule has 0 saturated heterocycles. The van der Waals surface area contributed by atoms with Gasteiger partial charge in [-0.05, 0) is 24.1 Å². The molecule has 0 aliphatic heterocycles. The number of nitrogens with one attached hydrogen (secondary N) is 2. The lowest BCUT2D eigenvalue weighted by molar-refractivity contribution is -0.136. The van der Waals surface area contributed by atoms with Crippen LogP contribution in [-0.4, -0.2) is 38.8 Å². The number of aliphatic carboxylic acids is 1. The van der Waals surface area contributed by atoms with Gasteiger partial charge in [0.15, 0.2) is 0 Å². The van der Waals surface area contributed by atoms with Crippen molar-refractivity contribution in [3.05, 3.63) is 35.4 Å². The van der Waals surface area contributed by atoms with Crippen molar-refractivity contribution in [1.29, 1.82) is 0 Å². The summed E-state index contributed by atoms with van der Waals surface area (Å²) in [6.07, 6.45) is 1.81. The van der Waals surface area contributed by atoms with Gasteiger partial charge in [0.2, 0.25) is 10.0 Å². The molecule has 20 heavy (non-hydrogen) atoms. The van der Waals surface area contributed by atoms with Crippen LogP contribution in [-0.2, 0) is 27.8 Å². The van der Waals surface area contributed by atoms with Gasteiger partial charge in [0.25, 0.3) is 0 Å². The van der Waals surface area contributed by atoms with Crippen molar-refractivity contribution in [3.63, 3.8) is 0 Å². The quantitative estimate of drug-likeness (QED) is 0.572. The zero-order chi connectivity index (χ0) is 15.0. The molecule has 0 aliphatic rings. The first-order valence-corrected chi connectivity index (χ1v) is 8.21. The van der Waals surface area contributed by atoms with Gasteiger partial charge < -0.3 is 10.4 Å². The Morgan fingerprint density at radius 1 is 1.20 bits per heavy atom. The summed E-state index contributed by atoms with van der Waals surface area (Å²) in [6, 6.07) is 7.38. The lowest BCUT2D eigenvalue weighted by Gasteiger charge is -2.09. The van der Waals surface area contributed by atoms with Crippen LogP contribution in [0, 0.1) is 0 Å². The summed E-state index contributed by atoms with van der Waals surface area (Å²) in [7, 11) is -3.13. The number of rotatable bonds is 9. The molecule has 7 heteroatoms. The van der Waals surface area contributed by atoms with Crippen LogP contribution in [0.1, 0.15) is 17.5 Å². The Bertz CT molecular complexity index is 543.